The summed E-state index contributed by atoms with van der Waals surface area (Å²) in [6, 6.07) is 0.397. The van der Waals surface area contributed by atoms with Gasteiger partial charge in [-0.1, -0.05) is 6.92 Å². The number of hydrogen-bond acceptors (Lipinski definition) is 8. The predicted octanol–water partition coefficient (Wildman–Crippen LogP) is 3.15. The molecule has 3 aromatic rings. The predicted molar refractivity (Wildman–Crippen MR) is 129 cm³/mol. The second-order valence-electron chi connectivity index (χ2n) is 9.63. The second kappa shape index (κ2) is 10.3. The van der Waals surface area contributed by atoms with Crippen LogP contribution in [-0.2, 0) is 15.9 Å². The molecule has 3 aromatic heterocycles. The van der Waals surface area contributed by atoms with E-state index in [-0.39, 0.29) is 6.10 Å². The van der Waals surface area contributed by atoms with Gasteiger partial charge in [-0.15, -0.1) is 0 Å². The standard InChI is InChI=1S/C25H34N6O3/c1-17(16-32-3)10-23-26-13-22-24(29-23)21(12-27-25(22)34-20-5-8-33-9-6-20)18-11-28-31(14-18)19-4-7-30(2)15-19/h11-14,17,19-20H,4-10,15-16H2,1-3H3/t17-,19+/m1/s1. The molecule has 2 aliphatic heterocycles. The van der Waals surface area contributed by atoms with Crippen molar-refractivity contribution in [3.05, 3.63) is 30.6 Å². The number of hydrogen-bond donors (Lipinski definition) is 0. The van der Waals surface area contributed by atoms with E-state index in [1.165, 1.54) is 0 Å². The molecule has 2 fully saturated rings. The zero-order valence-corrected chi connectivity index (χ0v) is 20.3. The maximum absolute atomic E-state index is 6.30. The Morgan fingerprint density at radius 2 is 2.00 bits per heavy atom. The highest BCUT2D eigenvalue weighted by Gasteiger charge is 2.24. The van der Waals surface area contributed by atoms with Crippen molar-refractivity contribution in [1.29, 1.82) is 0 Å². The zero-order valence-electron chi connectivity index (χ0n) is 20.3. The number of likely N-dealkylation sites (tertiary alicyclic amines) is 1. The van der Waals surface area contributed by atoms with Gasteiger partial charge in [-0.05, 0) is 25.9 Å². The zero-order chi connectivity index (χ0) is 23.5. The highest BCUT2D eigenvalue weighted by atomic mass is 16.5. The molecule has 0 spiro atoms. The molecule has 0 aliphatic carbocycles. The second-order valence-corrected chi connectivity index (χ2v) is 9.63. The number of nitrogens with zero attached hydrogens (tertiary/aromatic N) is 6. The smallest absolute Gasteiger partial charge is 0.224 e. The maximum atomic E-state index is 6.30. The minimum Gasteiger partial charge on any atom is -0.474 e. The van der Waals surface area contributed by atoms with Gasteiger partial charge in [-0.25, -0.2) is 15.0 Å². The Bertz CT molecular complexity index is 1110. The summed E-state index contributed by atoms with van der Waals surface area (Å²) in [5.41, 5.74) is 2.82. The Morgan fingerprint density at radius 1 is 1.15 bits per heavy atom. The van der Waals surface area contributed by atoms with E-state index < -0.39 is 0 Å². The lowest BCUT2D eigenvalue weighted by Crippen LogP contribution is -2.26. The van der Waals surface area contributed by atoms with Crippen molar-refractivity contribution in [1.82, 2.24) is 29.6 Å². The van der Waals surface area contributed by atoms with Crippen LogP contribution in [0, 0.1) is 5.92 Å². The van der Waals surface area contributed by atoms with Gasteiger partial charge in [0.05, 0.1) is 36.4 Å². The molecule has 34 heavy (non-hydrogen) atoms. The van der Waals surface area contributed by atoms with Gasteiger partial charge in [0, 0.05) is 69.2 Å². The van der Waals surface area contributed by atoms with Crippen LogP contribution in [0.1, 0.15) is 38.1 Å². The summed E-state index contributed by atoms with van der Waals surface area (Å²) in [6.07, 6.45) is 11.4. The minimum atomic E-state index is 0.0961. The summed E-state index contributed by atoms with van der Waals surface area (Å²) in [5, 5.41) is 5.52. The summed E-state index contributed by atoms with van der Waals surface area (Å²) in [4.78, 5) is 16.7. The number of ether oxygens (including phenoxy) is 3. The molecule has 2 aliphatic rings. The molecule has 2 atom stereocenters. The first-order valence-corrected chi connectivity index (χ1v) is 12.2. The van der Waals surface area contributed by atoms with Crippen LogP contribution in [0.4, 0.5) is 0 Å². The molecule has 9 heteroatoms. The van der Waals surface area contributed by atoms with Crippen molar-refractivity contribution in [2.45, 2.75) is 44.8 Å². The van der Waals surface area contributed by atoms with Crippen LogP contribution in [0.2, 0.25) is 0 Å². The topological polar surface area (TPSA) is 87.4 Å². The Balaban J connectivity index is 1.50. The van der Waals surface area contributed by atoms with Crippen molar-refractivity contribution >= 4 is 10.9 Å². The monoisotopic (exact) mass is 466 g/mol. The molecular weight excluding hydrogens is 432 g/mol. The SMILES string of the molecule is COC[C@H](C)Cc1ncc2c(OC3CCOCC3)ncc(-c3cnn([C@H]4CCN(C)C4)c3)c2n1. The molecule has 0 unspecified atom stereocenters. The largest absolute Gasteiger partial charge is 0.474 e. The van der Waals surface area contributed by atoms with Crippen LogP contribution in [0.3, 0.4) is 0 Å². The number of likely N-dealkylation sites (N-methyl/N-ethyl adjacent to an activating group) is 1. The highest BCUT2D eigenvalue weighted by Crippen LogP contribution is 2.33. The highest BCUT2D eigenvalue weighted by molar-refractivity contribution is 5.95. The molecule has 0 N–H and O–H groups in total. The summed E-state index contributed by atoms with van der Waals surface area (Å²) in [6.45, 7) is 6.36. The van der Waals surface area contributed by atoms with E-state index >= 15 is 0 Å². The lowest BCUT2D eigenvalue weighted by Gasteiger charge is -2.23. The minimum absolute atomic E-state index is 0.0961. The fourth-order valence-electron chi connectivity index (χ4n) is 4.85. The first-order chi connectivity index (χ1) is 16.6. The lowest BCUT2D eigenvalue weighted by molar-refractivity contribution is 0.0244. The van der Waals surface area contributed by atoms with Crippen molar-refractivity contribution in [3.8, 4) is 17.0 Å². The Labute approximate surface area is 200 Å². The van der Waals surface area contributed by atoms with E-state index in [2.05, 4.69) is 39.8 Å². The molecule has 182 valence electrons. The Morgan fingerprint density at radius 3 is 2.76 bits per heavy atom. The number of fused-ring (bicyclic) bond motifs is 1. The third kappa shape index (κ3) is 5.06. The van der Waals surface area contributed by atoms with E-state index in [1.807, 2.05) is 18.6 Å². The number of methoxy groups -OCH3 is 1. The van der Waals surface area contributed by atoms with Gasteiger partial charge >= 0.3 is 0 Å². The van der Waals surface area contributed by atoms with Crippen molar-refractivity contribution < 1.29 is 14.2 Å². The fourth-order valence-corrected chi connectivity index (χ4v) is 4.85. The van der Waals surface area contributed by atoms with E-state index in [0.29, 0.717) is 37.7 Å². The van der Waals surface area contributed by atoms with Crippen molar-refractivity contribution in [2.75, 3.05) is 47.1 Å². The van der Waals surface area contributed by atoms with E-state index in [1.54, 1.807) is 7.11 Å². The molecule has 5 rings (SSSR count). The average molecular weight is 467 g/mol. The molecule has 0 radical (unpaired) electrons. The van der Waals surface area contributed by atoms with Crippen LogP contribution in [0.15, 0.2) is 24.8 Å². The van der Waals surface area contributed by atoms with Gasteiger partial charge in [0.15, 0.2) is 0 Å². The van der Waals surface area contributed by atoms with Crippen LogP contribution in [-0.4, -0.2) is 82.8 Å². The number of aromatic nitrogens is 5. The van der Waals surface area contributed by atoms with Gasteiger partial charge in [0.25, 0.3) is 0 Å². The van der Waals surface area contributed by atoms with Crippen LogP contribution >= 0.6 is 0 Å². The molecule has 9 nitrogen and oxygen atoms in total. The Hall–Kier alpha value is -2.62. The number of rotatable bonds is 8. The Kier molecular flexibility index (Phi) is 7.03. The van der Waals surface area contributed by atoms with Crippen LogP contribution in [0.5, 0.6) is 5.88 Å². The van der Waals surface area contributed by atoms with Crippen LogP contribution < -0.4 is 4.74 Å². The molecular formula is C25H34N6O3. The fraction of sp³-hybridized carbons (Fsp3) is 0.600. The molecule has 0 aromatic carbocycles. The average Bonchev–Trinajstić information content (AvgIpc) is 3.49. The third-order valence-electron chi connectivity index (χ3n) is 6.72. The van der Waals surface area contributed by atoms with Gasteiger partial charge in [-0.3, -0.25) is 4.68 Å². The van der Waals surface area contributed by atoms with Gasteiger partial charge in [0.2, 0.25) is 5.88 Å². The van der Waals surface area contributed by atoms with Gasteiger partial charge < -0.3 is 19.1 Å². The van der Waals surface area contributed by atoms with Crippen molar-refractivity contribution in [2.24, 2.45) is 5.92 Å². The normalized spacial score (nSPS) is 20.7. The molecule has 5 heterocycles. The summed E-state index contributed by atoms with van der Waals surface area (Å²) in [5.74, 6) is 1.71. The third-order valence-corrected chi connectivity index (χ3v) is 6.72. The molecule has 0 bridgehead atoms. The van der Waals surface area contributed by atoms with E-state index in [0.717, 1.165) is 66.6 Å². The molecule has 2 saturated heterocycles. The van der Waals surface area contributed by atoms with E-state index in [9.17, 15) is 0 Å². The quantitative estimate of drug-likeness (QED) is 0.500. The van der Waals surface area contributed by atoms with Crippen molar-refractivity contribution in [3.63, 3.8) is 0 Å². The summed E-state index contributed by atoms with van der Waals surface area (Å²) >= 11 is 0. The summed E-state index contributed by atoms with van der Waals surface area (Å²) in [7, 11) is 3.88. The van der Waals surface area contributed by atoms with Gasteiger partial charge in [-0.2, -0.15) is 5.10 Å². The van der Waals surface area contributed by atoms with E-state index in [4.69, 9.17) is 24.2 Å². The maximum Gasteiger partial charge on any atom is 0.224 e. The number of pyridine rings is 1. The van der Waals surface area contributed by atoms with Crippen LogP contribution in [0.25, 0.3) is 22.0 Å². The molecule has 0 saturated carbocycles. The first kappa shape index (κ1) is 23.1. The van der Waals surface area contributed by atoms with Gasteiger partial charge in [0.1, 0.15) is 11.9 Å². The lowest BCUT2D eigenvalue weighted by atomic mass is 10.1. The molecule has 0 amide bonds. The first-order valence-electron chi connectivity index (χ1n) is 12.2. The summed E-state index contributed by atoms with van der Waals surface area (Å²) < 4.78 is 19.2.